The minimum Gasteiger partial charge on any atom is -0.369 e. The highest BCUT2D eigenvalue weighted by Gasteiger charge is 2.39. The summed E-state index contributed by atoms with van der Waals surface area (Å²) in [7, 11) is 0. The van der Waals surface area contributed by atoms with Gasteiger partial charge in [0.1, 0.15) is 5.60 Å². The van der Waals surface area contributed by atoms with Crippen molar-refractivity contribution >= 4 is 11.6 Å². The van der Waals surface area contributed by atoms with Crippen LogP contribution in [0.15, 0.2) is 24.3 Å². The molecular weight excluding hydrogens is 198 g/mol. The van der Waals surface area contributed by atoms with Crippen LogP contribution in [0.1, 0.15) is 18.9 Å². The van der Waals surface area contributed by atoms with Gasteiger partial charge in [0.2, 0.25) is 0 Å². The molecule has 0 aliphatic carbocycles. The van der Waals surface area contributed by atoms with Crippen LogP contribution in [0.25, 0.3) is 0 Å². The van der Waals surface area contributed by atoms with E-state index in [0.29, 0.717) is 0 Å². The van der Waals surface area contributed by atoms with E-state index in [0.717, 1.165) is 23.6 Å². The number of nitrogens with two attached hydrogens (primary N) is 1. The lowest BCUT2D eigenvalue weighted by molar-refractivity contribution is 0.00805. The molecule has 76 valence electrons. The fraction of sp³-hybridized carbons (Fsp3) is 0.455. The lowest BCUT2D eigenvalue weighted by atomic mass is 9.89. The summed E-state index contributed by atoms with van der Waals surface area (Å²) in [6.45, 7) is 2.77. The molecule has 0 radical (unpaired) electrons. The quantitative estimate of drug-likeness (QED) is 0.774. The van der Waals surface area contributed by atoms with Crippen molar-refractivity contribution in [3.05, 3.63) is 34.9 Å². The molecule has 1 aromatic carbocycles. The van der Waals surface area contributed by atoms with Crippen molar-refractivity contribution in [3.63, 3.8) is 0 Å². The van der Waals surface area contributed by atoms with Crippen LogP contribution in [-0.4, -0.2) is 12.6 Å². The second-order valence-electron chi connectivity index (χ2n) is 3.86. The van der Waals surface area contributed by atoms with E-state index in [1.165, 1.54) is 0 Å². The van der Waals surface area contributed by atoms with Gasteiger partial charge in [0.25, 0.3) is 0 Å². The molecule has 0 spiro atoms. The van der Waals surface area contributed by atoms with Crippen LogP contribution in [-0.2, 0) is 10.3 Å². The standard InChI is InChI=1S/C11H14ClNO/c1-11(10(13)6-7-14-11)8-2-4-9(12)5-3-8/h2-5,10H,6-7,13H2,1H3. The summed E-state index contributed by atoms with van der Waals surface area (Å²) in [5.41, 5.74) is 6.79. The van der Waals surface area contributed by atoms with E-state index in [-0.39, 0.29) is 11.6 Å². The molecule has 0 bridgehead atoms. The van der Waals surface area contributed by atoms with Gasteiger partial charge in [-0.25, -0.2) is 0 Å². The van der Waals surface area contributed by atoms with Gasteiger partial charge in [0.15, 0.2) is 0 Å². The molecule has 1 heterocycles. The minimum atomic E-state index is -0.343. The molecule has 2 atom stereocenters. The normalized spacial score (nSPS) is 32.1. The Morgan fingerprint density at radius 3 is 2.57 bits per heavy atom. The van der Waals surface area contributed by atoms with E-state index in [1.807, 2.05) is 31.2 Å². The number of hydrogen-bond donors (Lipinski definition) is 1. The summed E-state index contributed by atoms with van der Waals surface area (Å²) < 4.78 is 5.71. The number of rotatable bonds is 1. The van der Waals surface area contributed by atoms with E-state index in [9.17, 15) is 0 Å². The van der Waals surface area contributed by atoms with Crippen molar-refractivity contribution in [2.24, 2.45) is 5.73 Å². The Balaban J connectivity index is 2.34. The zero-order valence-corrected chi connectivity index (χ0v) is 8.92. The third-order valence-corrected chi connectivity index (χ3v) is 3.21. The predicted octanol–water partition coefficient (Wildman–Crippen LogP) is 2.30. The smallest absolute Gasteiger partial charge is 0.105 e. The molecule has 2 unspecified atom stereocenters. The maximum absolute atomic E-state index is 6.03. The number of hydrogen-bond acceptors (Lipinski definition) is 2. The Hall–Kier alpha value is -0.570. The maximum Gasteiger partial charge on any atom is 0.105 e. The molecular formula is C11H14ClNO. The highest BCUT2D eigenvalue weighted by Crippen LogP contribution is 2.35. The van der Waals surface area contributed by atoms with Gasteiger partial charge < -0.3 is 10.5 Å². The summed E-state index contributed by atoms with van der Waals surface area (Å²) in [6.07, 6.45) is 0.916. The Kier molecular flexibility index (Phi) is 2.52. The largest absolute Gasteiger partial charge is 0.369 e. The first-order valence-corrected chi connectivity index (χ1v) is 5.16. The molecule has 2 nitrogen and oxygen atoms in total. The van der Waals surface area contributed by atoms with Gasteiger partial charge in [0.05, 0.1) is 0 Å². The fourth-order valence-electron chi connectivity index (χ4n) is 1.86. The molecule has 1 aliphatic heterocycles. The van der Waals surface area contributed by atoms with Gasteiger partial charge in [-0.2, -0.15) is 0 Å². The predicted molar refractivity (Wildman–Crippen MR) is 57.3 cm³/mol. The Bertz CT molecular complexity index is 325. The maximum atomic E-state index is 6.03. The summed E-state index contributed by atoms with van der Waals surface area (Å²) in [4.78, 5) is 0. The average Bonchev–Trinajstić information content (AvgIpc) is 2.49. The summed E-state index contributed by atoms with van der Waals surface area (Å²) >= 11 is 5.83. The van der Waals surface area contributed by atoms with Crippen molar-refractivity contribution in [2.75, 3.05) is 6.61 Å². The molecule has 0 amide bonds. The molecule has 14 heavy (non-hydrogen) atoms. The molecule has 3 heteroatoms. The van der Waals surface area contributed by atoms with Gasteiger partial charge in [-0.3, -0.25) is 0 Å². The molecule has 2 N–H and O–H groups in total. The van der Waals surface area contributed by atoms with Gasteiger partial charge in [0, 0.05) is 17.7 Å². The molecule has 1 aliphatic rings. The highest BCUT2D eigenvalue weighted by atomic mass is 35.5. The molecule has 0 saturated carbocycles. The van der Waals surface area contributed by atoms with Crippen LogP contribution in [0, 0.1) is 0 Å². The lowest BCUT2D eigenvalue weighted by Crippen LogP contribution is -2.39. The molecule has 1 fully saturated rings. The van der Waals surface area contributed by atoms with Gasteiger partial charge in [-0.15, -0.1) is 0 Å². The lowest BCUT2D eigenvalue weighted by Gasteiger charge is -2.28. The van der Waals surface area contributed by atoms with Crippen molar-refractivity contribution in [1.82, 2.24) is 0 Å². The van der Waals surface area contributed by atoms with E-state index in [2.05, 4.69) is 0 Å². The number of ether oxygens (including phenoxy) is 1. The first-order chi connectivity index (χ1) is 6.63. The van der Waals surface area contributed by atoms with Crippen LogP contribution < -0.4 is 5.73 Å². The highest BCUT2D eigenvalue weighted by molar-refractivity contribution is 6.30. The zero-order chi connectivity index (χ0) is 10.2. The van der Waals surface area contributed by atoms with E-state index in [4.69, 9.17) is 22.1 Å². The van der Waals surface area contributed by atoms with Crippen LogP contribution in [0.3, 0.4) is 0 Å². The Morgan fingerprint density at radius 1 is 1.43 bits per heavy atom. The molecule has 1 saturated heterocycles. The second-order valence-corrected chi connectivity index (χ2v) is 4.29. The molecule has 1 aromatic rings. The minimum absolute atomic E-state index is 0.0728. The molecule has 0 aromatic heterocycles. The van der Waals surface area contributed by atoms with Crippen molar-refractivity contribution < 1.29 is 4.74 Å². The van der Waals surface area contributed by atoms with Crippen molar-refractivity contribution in [1.29, 1.82) is 0 Å². The topological polar surface area (TPSA) is 35.2 Å². The Morgan fingerprint density at radius 2 is 2.07 bits per heavy atom. The Labute approximate surface area is 89.0 Å². The summed E-state index contributed by atoms with van der Waals surface area (Å²) in [6, 6.07) is 7.78. The zero-order valence-electron chi connectivity index (χ0n) is 8.16. The van der Waals surface area contributed by atoms with Crippen LogP contribution >= 0.6 is 11.6 Å². The first kappa shape index (κ1) is 9.97. The van der Waals surface area contributed by atoms with Crippen molar-refractivity contribution in [2.45, 2.75) is 25.0 Å². The number of benzene rings is 1. The van der Waals surface area contributed by atoms with E-state index < -0.39 is 0 Å². The third kappa shape index (κ3) is 1.54. The van der Waals surface area contributed by atoms with Gasteiger partial charge >= 0.3 is 0 Å². The fourth-order valence-corrected chi connectivity index (χ4v) is 1.98. The van der Waals surface area contributed by atoms with Gasteiger partial charge in [-0.05, 0) is 31.0 Å². The van der Waals surface area contributed by atoms with E-state index >= 15 is 0 Å². The van der Waals surface area contributed by atoms with Gasteiger partial charge in [-0.1, -0.05) is 23.7 Å². The SMILES string of the molecule is CC1(c2ccc(Cl)cc2)OCCC1N. The van der Waals surface area contributed by atoms with Crippen LogP contribution in [0.5, 0.6) is 0 Å². The average molecular weight is 212 g/mol. The molecule has 2 rings (SSSR count). The first-order valence-electron chi connectivity index (χ1n) is 4.78. The van der Waals surface area contributed by atoms with Crippen LogP contribution in [0.4, 0.5) is 0 Å². The monoisotopic (exact) mass is 211 g/mol. The summed E-state index contributed by atoms with van der Waals surface area (Å²) in [5.74, 6) is 0. The van der Waals surface area contributed by atoms with Crippen LogP contribution in [0.2, 0.25) is 5.02 Å². The second kappa shape index (κ2) is 3.54. The van der Waals surface area contributed by atoms with E-state index in [1.54, 1.807) is 0 Å². The van der Waals surface area contributed by atoms with Crippen molar-refractivity contribution in [3.8, 4) is 0 Å². The summed E-state index contributed by atoms with van der Waals surface area (Å²) in [5, 5.41) is 0.740. The third-order valence-electron chi connectivity index (χ3n) is 2.96. The number of halogens is 1.